The Balaban J connectivity index is 0.000000541. The van der Waals surface area contributed by atoms with Crippen LogP contribution in [0.5, 0.6) is 5.75 Å². The summed E-state index contributed by atoms with van der Waals surface area (Å²) in [5, 5.41) is 10.1. The number of hydrogen-bond donors (Lipinski definition) is 2. The fraction of sp³-hybridized carbons (Fsp3) is 0.333. The molecule has 1 aromatic heterocycles. The number of aromatic nitrogens is 1. The number of anilines is 1. The second-order valence-electron chi connectivity index (χ2n) is 4.26. The van der Waals surface area contributed by atoms with Gasteiger partial charge in [-0.05, 0) is 17.7 Å². The van der Waals surface area contributed by atoms with Crippen molar-refractivity contribution in [1.29, 1.82) is 0 Å². The van der Waals surface area contributed by atoms with E-state index in [0.717, 1.165) is 23.3 Å². The first-order valence-electron chi connectivity index (χ1n) is 6.54. The molecule has 2 aromatic rings. The minimum atomic E-state index is -0.181. The van der Waals surface area contributed by atoms with E-state index >= 15 is 0 Å². The van der Waals surface area contributed by atoms with Gasteiger partial charge in [0.1, 0.15) is 18.8 Å². The number of benzene rings is 1. The molecule has 1 unspecified atom stereocenters. The first-order chi connectivity index (χ1) is 10.7. The van der Waals surface area contributed by atoms with Crippen LogP contribution in [0.1, 0.15) is 23.6 Å². The highest BCUT2D eigenvalue weighted by Crippen LogP contribution is 2.30. The number of ether oxygens (including phenoxy) is 2. The third kappa shape index (κ3) is 5.44. The number of aliphatic hydroxyl groups excluding tert-OH is 1. The summed E-state index contributed by atoms with van der Waals surface area (Å²) in [6.45, 7) is -0.181. The van der Waals surface area contributed by atoms with Crippen molar-refractivity contribution < 1.29 is 19.4 Å². The molecule has 22 heavy (non-hydrogen) atoms. The Morgan fingerprint density at radius 1 is 1.36 bits per heavy atom. The van der Waals surface area contributed by atoms with Gasteiger partial charge in [0.25, 0.3) is 0 Å². The van der Waals surface area contributed by atoms with Gasteiger partial charge in [-0.1, -0.05) is 12.1 Å². The highest BCUT2D eigenvalue weighted by Gasteiger charge is 2.16. The van der Waals surface area contributed by atoms with Gasteiger partial charge in [0.15, 0.2) is 5.13 Å². The maximum Gasteiger partial charge on any atom is 0.180 e. The van der Waals surface area contributed by atoms with Crippen molar-refractivity contribution in [3.63, 3.8) is 0 Å². The van der Waals surface area contributed by atoms with Crippen LogP contribution in [0.4, 0.5) is 5.13 Å². The number of methoxy groups -OCH3 is 2. The second-order valence-corrected chi connectivity index (χ2v) is 5.15. The molecule has 1 aromatic carbocycles. The van der Waals surface area contributed by atoms with Gasteiger partial charge in [0.2, 0.25) is 0 Å². The lowest BCUT2D eigenvalue weighted by Gasteiger charge is -2.12. The number of nitrogens with two attached hydrogens (primary N) is 1. The lowest BCUT2D eigenvalue weighted by molar-refractivity contribution is -0.108. The van der Waals surface area contributed by atoms with Crippen molar-refractivity contribution in [3.8, 4) is 5.75 Å². The number of nitrogen functional groups attached to an aromatic ring is 1. The van der Waals surface area contributed by atoms with Crippen molar-refractivity contribution in [2.45, 2.75) is 12.3 Å². The Labute approximate surface area is 133 Å². The standard InChI is InChI=1S/C13H14N2O2S.C2H6O2/c1-17-10-4-2-9(3-5-10)11(6-7-16)12-8-18-13(14)15-12;1-4-2-3/h2-5,7-8,11H,6H2,1H3,(H2,14,15);3H,2H2,1H3. The molecule has 1 atom stereocenters. The Morgan fingerprint density at radius 3 is 2.41 bits per heavy atom. The predicted molar refractivity (Wildman–Crippen MR) is 86.1 cm³/mol. The molecule has 0 fully saturated rings. The Hall–Kier alpha value is -1.96. The lowest BCUT2D eigenvalue weighted by Crippen LogP contribution is -2.03. The zero-order valence-electron chi connectivity index (χ0n) is 12.6. The molecule has 0 aliphatic rings. The molecule has 0 aliphatic carbocycles. The van der Waals surface area contributed by atoms with Gasteiger partial charge in [-0.25, -0.2) is 4.98 Å². The van der Waals surface area contributed by atoms with Crippen LogP contribution in [0.15, 0.2) is 29.6 Å². The van der Waals surface area contributed by atoms with Crippen LogP contribution < -0.4 is 10.5 Å². The van der Waals surface area contributed by atoms with Crippen molar-refractivity contribution in [1.82, 2.24) is 4.98 Å². The number of aldehydes is 1. The molecule has 0 bridgehead atoms. The van der Waals surface area contributed by atoms with Gasteiger partial charge in [0, 0.05) is 24.8 Å². The quantitative estimate of drug-likeness (QED) is 0.624. The van der Waals surface area contributed by atoms with Gasteiger partial charge in [-0.15, -0.1) is 11.3 Å². The number of carbonyl (C=O) groups excluding carboxylic acids is 1. The third-order valence-corrected chi connectivity index (χ3v) is 3.57. The van der Waals surface area contributed by atoms with Crippen molar-refractivity contribution >= 4 is 22.8 Å². The zero-order chi connectivity index (χ0) is 16.4. The minimum Gasteiger partial charge on any atom is -0.497 e. The fourth-order valence-electron chi connectivity index (χ4n) is 1.82. The lowest BCUT2D eigenvalue weighted by atomic mass is 9.94. The predicted octanol–water partition coefficient (Wildman–Crippen LogP) is 2.04. The van der Waals surface area contributed by atoms with E-state index in [1.54, 1.807) is 7.11 Å². The first kappa shape index (κ1) is 18.1. The van der Waals surface area contributed by atoms with E-state index in [-0.39, 0.29) is 12.7 Å². The van der Waals surface area contributed by atoms with E-state index in [2.05, 4.69) is 9.72 Å². The summed E-state index contributed by atoms with van der Waals surface area (Å²) >= 11 is 1.39. The van der Waals surface area contributed by atoms with Crippen LogP contribution in [-0.4, -0.2) is 37.4 Å². The topological polar surface area (TPSA) is 94.7 Å². The average Bonchev–Trinajstić information content (AvgIpc) is 2.99. The minimum absolute atomic E-state index is 0.0399. The normalized spacial score (nSPS) is 11.2. The van der Waals surface area contributed by atoms with E-state index < -0.39 is 0 Å². The molecular formula is C15H20N2O4S. The van der Waals surface area contributed by atoms with Gasteiger partial charge in [0.05, 0.1) is 12.8 Å². The fourth-order valence-corrected chi connectivity index (χ4v) is 2.44. The van der Waals surface area contributed by atoms with Crippen molar-refractivity contribution in [2.75, 3.05) is 26.7 Å². The summed E-state index contributed by atoms with van der Waals surface area (Å²) in [7, 11) is 3.05. The van der Waals surface area contributed by atoms with Crippen LogP contribution >= 0.6 is 11.3 Å². The molecule has 0 amide bonds. The first-order valence-corrected chi connectivity index (χ1v) is 7.42. The third-order valence-electron chi connectivity index (χ3n) is 2.88. The largest absolute Gasteiger partial charge is 0.497 e. The highest BCUT2D eigenvalue weighted by molar-refractivity contribution is 7.13. The van der Waals surface area contributed by atoms with Gasteiger partial charge in [-0.3, -0.25) is 0 Å². The van der Waals surface area contributed by atoms with Crippen LogP contribution in [0, 0.1) is 0 Å². The molecule has 2 rings (SSSR count). The van der Waals surface area contributed by atoms with Crippen LogP contribution in [0.2, 0.25) is 0 Å². The molecule has 7 heteroatoms. The number of thiazole rings is 1. The Kier molecular flexibility index (Phi) is 8.13. The SMILES string of the molecule is COCO.COc1ccc(C(CC=O)c2csc(N)n2)cc1. The molecule has 0 aliphatic heterocycles. The second kappa shape index (κ2) is 9.88. The molecule has 120 valence electrons. The Bertz CT molecular complexity index is 555. The van der Waals surface area contributed by atoms with Crippen LogP contribution in [-0.2, 0) is 9.53 Å². The number of nitrogens with zero attached hydrogens (tertiary/aromatic N) is 1. The molecule has 0 saturated heterocycles. The molecule has 3 N–H and O–H groups in total. The van der Waals surface area contributed by atoms with Crippen molar-refractivity contribution in [3.05, 3.63) is 40.9 Å². The Morgan fingerprint density at radius 2 is 2.00 bits per heavy atom. The molecule has 1 heterocycles. The van der Waals surface area contributed by atoms with Crippen LogP contribution in [0.3, 0.4) is 0 Å². The molecule has 0 saturated carbocycles. The van der Waals surface area contributed by atoms with E-state index in [0.29, 0.717) is 11.6 Å². The molecule has 0 spiro atoms. The molecule has 0 radical (unpaired) electrons. The highest BCUT2D eigenvalue weighted by atomic mass is 32.1. The number of hydrogen-bond acceptors (Lipinski definition) is 7. The van der Waals surface area contributed by atoms with E-state index in [1.807, 2.05) is 29.6 Å². The maximum atomic E-state index is 10.8. The zero-order valence-corrected chi connectivity index (χ0v) is 13.4. The van der Waals surface area contributed by atoms with Gasteiger partial charge < -0.3 is 25.1 Å². The van der Waals surface area contributed by atoms with E-state index in [4.69, 9.17) is 15.6 Å². The molecular weight excluding hydrogens is 304 g/mol. The summed E-state index contributed by atoms with van der Waals surface area (Å²) in [6.07, 6.45) is 1.31. The summed E-state index contributed by atoms with van der Waals surface area (Å²) in [4.78, 5) is 15.1. The number of rotatable bonds is 6. The summed E-state index contributed by atoms with van der Waals surface area (Å²) < 4.78 is 9.21. The smallest absolute Gasteiger partial charge is 0.180 e. The summed E-state index contributed by atoms with van der Waals surface area (Å²) in [5.41, 5.74) is 7.51. The van der Waals surface area contributed by atoms with E-state index in [9.17, 15) is 4.79 Å². The summed E-state index contributed by atoms with van der Waals surface area (Å²) in [6, 6.07) is 7.65. The monoisotopic (exact) mass is 324 g/mol. The van der Waals surface area contributed by atoms with Crippen molar-refractivity contribution in [2.24, 2.45) is 0 Å². The van der Waals surface area contributed by atoms with E-state index in [1.165, 1.54) is 18.4 Å². The molecule has 6 nitrogen and oxygen atoms in total. The summed E-state index contributed by atoms with van der Waals surface area (Å²) in [5.74, 6) is 0.753. The van der Waals surface area contributed by atoms with Crippen LogP contribution in [0.25, 0.3) is 0 Å². The van der Waals surface area contributed by atoms with Gasteiger partial charge in [-0.2, -0.15) is 0 Å². The number of aliphatic hydroxyl groups is 1. The number of carbonyl (C=O) groups is 1. The average molecular weight is 324 g/mol. The maximum absolute atomic E-state index is 10.8. The van der Waals surface area contributed by atoms with Gasteiger partial charge >= 0.3 is 0 Å².